The number of nitrogens with one attached hydrogen (secondary N) is 2. The van der Waals surface area contributed by atoms with Crippen LogP contribution in [0.25, 0.3) is 0 Å². The van der Waals surface area contributed by atoms with Gasteiger partial charge in [0, 0.05) is 19.6 Å². The first-order valence-corrected chi connectivity index (χ1v) is 6.53. The summed E-state index contributed by atoms with van der Waals surface area (Å²) in [6, 6.07) is 8.67. The molecule has 1 aliphatic rings. The molecule has 18 heavy (non-hydrogen) atoms. The predicted molar refractivity (Wildman–Crippen MR) is 72.6 cm³/mol. The molecule has 4 nitrogen and oxygen atoms in total. The number of aryl methyl sites for hydroxylation is 1. The molecular weight excluding hydrogens is 226 g/mol. The van der Waals surface area contributed by atoms with Crippen LogP contribution >= 0.6 is 0 Å². The Morgan fingerprint density at radius 3 is 2.72 bits per heavy atom. The number of nitrogens with zero attached hydrogens (tertiary/aromatic N) is 1. The molecule has 98 valence electrons. The van der Waals surface area contributed by atoms with Gasteiger partial charge in [0.25, 0.3) is 0 Å². The highest BCUT2D eigenvalue weighted by Crippen LogP contribution is 2.20. The standard InChI is InChI=1S/C14H21N3O/c1-3-11-4-6-12(7-5-11)13-10-17(9-8-15-2)14(18)16-13/h4-7,13,15H,3,8-10H2,1-2H3,(H,16,18). The number of rotatable bonds is 5. The molecule has 1 saturated heterocycles. The van der Waals surface area contributed by atoms with E-state index in [1.54, 1.807) is 0 Å². The Labute approximate surface area is 108 Å². The van der Waals surface area contributed by atoms with Gasteiger partial charge in [-0.05, 0) is 24.6 Å². The summed E-state index contributed by atoms with van der Waals surface area (Å²) in [4.78, 5) is 13.6. The van der Waals surface area contributed by atoms with Gasteiger partial charge in [0.05, 0.1) is 6.04 Å². The van der Waals surface area contributed by atoms with E-state index in [2.05, 4.69) is 41.8 Å². The van der Waals surface area contributed by atoms with Crippen LogP contribution in [0, 0.1) is 0 Å². The van der Waals surface area contributed by atoms with Crippen LogP contribution in [0.15, 0.2) is 24.3 Å². The van der Waals surface area contributed by atoms with Crippen molar-refractivity contribution in [3.63, 3.8) is 0 Å². The van der Waals surface area contributed by atoms with E-state index in [0.29, 0.717) is 0 Å². The van der Waals surface area contributed by atoms with Crippen molar-refractivity contribution in [2.45, 2.75) is 19.4 Å². The number of hydrogen-bond acceptors (Lipinski definition) is 2. The fourth-order valence-corrected chi connectivity index (χ4v) is 2.20. The maximum atomic E-state index is 11.8. The van der Waals surface area contributed by atoms with Crippen LogP contribution < -0.4 is 10.6 Å². The fourth-order valence-electron chi connectivity index (χ4n) is 2.20. The molecule has 4 heteroatoms. The van der Waals surface area contributed by atoms with E-state index in [9.17, 15) is 4.79 Å². The number of amides is 2. The van der Waals surface area contributed by atoms with Crippen molar-refractivity contribution in [3.05, 3.63) is 35.4 Å². The topological polar surface area (TPSA) is 44.4 Å². The predicted octanol–water partition coefficient (Wildman–Crippen LogP) is 1.53. The number of carbonyl (C=O) groups is 1. The first-order chi connectivity index (χ1) is 8.74. The Balaban J connectivity index is 2.00. The second-order valence-corrected chi connectivity index (χ2v) is 4.65. The van der Waals surface area contributed by atoms with Crippen LogP contribution in [0.2, 0.25) is 0 Å². The molecule has 1 aliphatic heterocycles. The van der Waals surface area contributed by atoms with Crippen molar-refractivity contribution in [2.24, 2.45) is 0 Å². The lowest BCUT2D eigenvalue weighted by Gasteiger charge is -2.14. The molecule has 1 aromatic carbocycles. The van der Waals surface area contributed by atoms with Gasteiger partial charge in [0.1, 0.15) is 0 Å². The van der Waals surface area contributed by atoms with Crippen molar-refractivity contribution in [1.29, 1.82) is 0 Å². The SMILES string of the molecule is CCc1ccc(C2CN(CCNC)C(=O)N2)cc1. The third-order valence-corrected chi connectivity index (χ3v) is 3.41. The molecule has 1 unspecified atom stereocenters. The summed E-state index contributed by atoms with van der Waals surface area (Å²) in [6.07, 6.45) is 1.05. The highest BCUT2D eigenvalue weighted by Gasteiger charge is 2.28. The first-order valence-electron chi connectivity index (χ1n) is 6.53. The van der Waals surface area contributed by atoms with E-state index in [4.69, 9.17) is 0 Å². The Morgan fingerprint density at radius 1 is 1.39 bits per heavy atom. The van der Waals surface area contributed by atoms with Crippen LogP contribution in [-0.2, 0) is 6.42 Å². The monoisotopic (exact) mass is 247 g/mol. The minimum atomic E-state index is 0.0369. The first kappa shape index (κ1) is 12.9. The number of likely N-dealkylation sites (N-methyl/N-ethyl adjacent to an activating group) is 1. The molecule has 2 amide bonds. The molecule has 1 atom stereocenters. The maximum absolute atomic E-state index is 11.8. The van der Waals surface area contributed by atoms with Crippen molar-refractivity contribution in [1.82, 2.24) is 15.5 Å². The lowest BCUT2D eigenvalue weighted by atomic mass is 10.0. The van der Waals surface area contributed by atoms with Crippen LogP contribution in [-0.4, -0.2) is 37.6 Å². The van der Waals surface area contributed by atoms with E-state index < -0.39 is 0 Å². The van der Waals surface area contributed by atoms with E-state index in [0.717, 1.165) is 26.1 Å². The molecule has 1 aromatic rings. The van der Waals surface area contributed by atoms with E-state index in [1.165, 1.54) is 11.1 Å². The highest BCUT2D eigenvalue weighted by molar-refractivity contribution is 5.77. The summed E-state index contributed by atoms with van der Waals surface area (Å²) in [5.41, 5.74) is 2.52. The van der Waals surface area contributed by atoms with Crippen molar-refractivity contribution in [2.75, 3.05) is 26.7 Å². The smallest absolute Gasteiger partial charge is 0.318 e. The van der Waals surface area contributed by atoms with Crippen LogP contribution in [0.1, 0.15) is 24.1 Å². The molecule has 2 rings (SSSR count). The third kappa shape index (κ3) is 2.82. The van der Waals surface area contributed by atoms with Crippen molar-refractivity contribution in [3.8, 4) is 0 Å². The maximum Gasteiger partial charge on any atom is 0.318 e. The van der Waals surface area contributed by atoms with Gasteiger partial charge in [0.15, 0.2) is 0 Å². The average molecular weight is 247 g/mol. The van der Waals surface area contributed by atoms with Gasteiger partial charge in [0.2, 0.25) is 0 Å². The molecule has 1 heterocycles. The molecular formula is C14H21N3O. The van der Waals surface area contributed by atoms with Crippen LogP contribution in [0.3, 0.4) is 0 Å². The second kappa shape index (κ2) is 5.87. The van der Waals surface area contributed by atoms with E-state index in [-0.39, 0.29) is 12.1 Å². The number of benzene rings is 1. The summed E-state index contributed by atoms with van der Waals surface area (Å²) >= 11 is 0. The molecule has 0 saturated carbocycles. The minimum Gasteiger partial charge on any atom is -0.329 e. The van der Waals surface area contributed by atoms with Gasteiger partial charge in [-0.3, -0.25) is 0 Å². The largest absolute Gasteiger partial charge is 0.329 e. The van der Waals surface area contributed by atoms with Gasteiger partial charge in [-0.25, -0.2) is 4.79 Å². The Bertz CT molecular complexity index is 402. The highest BCUT2D eigenvalue weighted by atomic mass is 16.2. The van der Waals surface area contributed by atoms with Gasteiger partial charge < -0.3 is 15.5 Å². The summed E-state index contributed by atoms with van der Waals surface area (Å²) in [5, 5.41) is 6.09. The van der Waals surface area contributed by atoms with E-state index in [1.807, 2.05) is 11.9 Å². The molecule has 0 aliphatic carbocycles. The van der Waals surface area contributed by atoms with Gasteiger partial charge in [-0.15, -0.1) is 0 Å². The minimum absolute atomic E-state index is 0.0369. The average Bonchev–Trinajstić information content (AvgIpc) is 2.78. The quantitative estimate of drug-likeness (QED) is 0.829. The summed E-state index contributed by atoms with van der Waals surface area (Å²) in [7, 11) is 1.90. The molecule has 0 bridgehead atoms. The van der Waals surface area contributed by atoms with Gasteiger partial charge in [-0.1, -0.05) is 31.2 Å². The number of carbonyl (C=O) groups excluding carboxylic acids is 1. The van der Waals surface area contributed by atoms with Crippen molar-refractivity contribution >= 4 is 6.03 Å². The zero-order valence-electron chi connectivity index (χ0n) is 11.1. The summed E-state index contributed by atoms with van der Waals surface area (Å²) in [5.74, 6) is 0. The lowest BCUT2D eigenvalue weighted by molar-refractivity contribution is 0.218. The van der Waals surface area contributed by atoms with Crippen molar-refractivity contribution < 1.29 is 4.79 Å². The Kier molecular flexibility index (Phi) is 4.20. The Morgan fingerprint density at radius 2 is 2.11 bits per heavy atom. The van der Waals surface area contributed by atoms with Gasteiger partial charge >= 0.3 is 6.03 Å². The van der Waals surface area contributed by atoms with Gasteiger partial charge in [-0.2, -0.15) is 0 Å². The zero-order valence-corrected chi connectivity index (χ0v) is 11.1. The fraction of sp³-hybridized carbons (Fsp3) is 0.500. The lowest BCUT2D eigenvalue weighted by Crippen LogP contribution is -2.33. The summed E-state index contributed by atoms with van der Waals surface area (Å²) in [6.45, 7) is 4.48. The zero-order chi connectivity index (χ0) is 13.0. The third-order valence-electron chi connectivity index (χ3n) is 3.41. The van der Waals surface area contributed by atoms with Crippen LogP contribution in [0.5, 0.6) is 0 Å². The molecule has 2 N–H and O–H groups in total. The molecule has 0 aromatic heterocycles. The molecule has 0 spiro atoms. The summed E-state index contributed by atoms with van der Waals surface area (Å²) < 4.78 is 0. The second-order valence-electron chi connectivity index (χ2n) is 4.65. The normalized spacial score (nSPS) is 19.1. The molecule has 1 fully saturated rings. The van der Waals surface area contributed by atoms with Crippen LogP contribution in [0.4, 0.5) is 4.79 Å². The molecule has 0 radical (unpaired) electrons. The van der Waals surface area contributed by atoms with E-state index >= 15 is 0 Å². The number of urea groups is 1. The Hall–Kier alpha value is -1.55. The number of hydrogen-bond donors (Lipinski definition) is 2.